The Morgan fingerprint density at radius 2 is 2.00 bits per heavy atom. The number of benzene rings is 2. The van der Waals surface area contributed by atoms with Gasteiger partial charge in [-0.05, 0) is 30.3 Å². The van der Waals surface area contributed by atoms with Gasteiger partial charge in [0.1, 0.15) is 5.75 Å². The summed E-state index contributed by atoms with van der Waals surface area (Å²) in [6, 6.07) is 11.3. The lowest BCUT2D eigenvalue weighted by Crippen LogP contribution is -2.26. The summed E-state index contributed by atoms with van der Waals surface area (Å²) >= 11 is 0. The van der Waals surface area contributed by atoms with Crippen molar-refractivity contribution >= 4 is 29.1 Å². The number of carbonyl (C=O) groups is 3. The third kappa shape index (κ3) is 3.65. The van der Waals surface area contributed by atoms with Crippen LogP contribution >= 0.6 is 0 Å². The molecule has 0 spiro atoms. The molecule has 0 fully saturated rings. The maximum atomic E-state index is 12.5. The van der Waals surface area contributed by atoms with Crippen LogP contribution in [0.3, 0.4) is 0 Å². The van der Waals surface area contributed by atoms with Gasteiger partial charge in [0, 0.05) is 5.56 Å². The van der Waals surface area contributed by atoms with E-state index in [0.29, 0.717) is 28.3 Å². The van der Waals surface area contributed by atoms with Gasteiger partial charge >= 0.3 is 0 Å². The number of hydrogen-bond acceptors (Lipinski definition) is 4. The second-order valence-electron chi connectivity index (χ2n) is 5.43. The van der Waals surface area contributed by atoms with Crippen LogP contribution in [0.25, 0.3) is 0 Å². The van der Waals surface area contributed by atoms with E-state index in [4.69, 9.17) is 11.2 Å². The molecule has 1 aliphatic rings. The number of fused-ring (bicyclic) bond motifs is 1. The number of nitrogens with one attached hydrogen (secondary N) is 3. The summed E-state index contributed by atoms with van der Waals surface area (Å²) in [4.78, 5) is 36.1. The smallest absolute Gasteiger partial charge is 0.262 e. The third-order valence-corrected chi connectivity index (χ3v) is 3.65. The number of rotatable bonds is 4. The topological polar surface area (TPSA) is 96.5 Å². The molecule has 0 atom stereocenters. The standard InChI is InChI=1S/C19H15N3O4/c1-2-9-20-19(25)13-5-3-4-6-14(13)22-18(24)12-7-8-16-15(10-12)21-17(23)11-26-16/h1,3-8,10H,9,11H2,(H,20,25)(H,21,23)(H,22,24). The summed E-state index contributed by atoms with van der Waals surface area (Å²) in [7, 11) is 0. The van der Waals surface area contributed by atoms with Gasteiger partial charge in [0.25, 0.3) is 17.7 Å². The molecular formula is C19H15N3O4. The Kier molecular flexibility index (Phi) is 4.85. The highest BCUT2D eigenvalue weighted by Crippen LogP contribution is 2.29. The summed E-state index contributed by atoms with van der Waals surface area (Å²) in [5.74, 6) is 1.72. The maximum absolute atomic E-state index is 12.5. The molecule has 7 nitrogen and oxygen atoms in total. The molecule has 2 aromatic rings. The Bertz CT molecular complexity index is 931. The molecule has 1 aliphatic heterocycles. The van der Waals surface area contributed by atoms with E-state index in [1.807, 2.05) is 0 Å². The molecule has 3 amide bonds. The molecule has 0 unspecified atom stereocenters. The molecule has 130 valence electrons. The molecule has 0 bridgehead atoms. The highest BCUT2D eigenvalue weighted by Gasteiger charge is 2.19. The van der Waals surface area contributed by atoms with Gasteiger partial charge in [0.15, 0.2) is 6.61 Å². The first kappa shape index (κ1) is 17.0. The van der Waals surface area contributed by atoms with Crippen molar-refractivity contribution in [2.45, 2.75) is 0 Å². The molecule has 3 rings (SSSR count). The largest absolute Gasteiger partial charge is 0.482 e. The monoisotopic (exact) mass is 349 g/mol. The first-order valence-electron chi connectivity index (χ1n) is 7.77. The molecule has 7 heteroatoms. The number of anilines is 2. The van der Waals surface area contributed by atoms with Gasteiger partial charge in [0.2, 0.25) is 0 Å². The first-order chi connectivity index (χ1) is 12.6. The molecule has 0 radical (unpaired) electrons. The van der Waals surface area contributed by atoms with Crippen LogP contribution in [0, 0.1) is 12.3 Å². The van der Waals surface area contributed by atoms with Crippen LogP contribution < -0.4 is 20.7 Å². The minimum atomic E-state index is -0.426. The SMILES string of the molecule is C#CCNC(=O)c1ccccc1NC(=O)c1ccc2c(c1)NC(=O)CO2. The predicted molar refractivity (Wildman–Crippen MR) is 96.1 cm³/mol. The van der Waals surface area contributed by atoms with Crippen LogP contribution in [0.1, 0.15) is 20.7 Å². The van der Waals surface area contributed by atoms with Crippen LogP contribution in [0.2, 0.25) is 0 Å². The normalized spacial score (nSPS) is 12.0. The second-order valence-corrected chi connectivity index (χ2v) is 5.43. The fourth-order valence-corrected chi connectivity index (χ4v) is 2.44. The summed E-state index contributed by atoms with van der Waals surface area (Å²) in [6.45, 7) is 0.0321. The summed E-state index contributed by atoms with van der Waals surface area (Å²) < 4.78 is 5.26. The van der Waals surface area contributed by atoms with E-state index in [9.17, 15) is 14.4 Å². The van der Waals surface area contributed by atoms with Crippen LogP contribution in [-0.4, -0.2) is 30.9 Å². The minimum absolute atomic E-state index is 0.0569. The number of para-hydroxylation sites is 1. The van der Waals surface area contributed by atoms with E-state index in [-0.39, 0.29) is 25.0 Å². The van der Waals surface area contributed by atoms with Gasteiger partial charge < -0.3 is 20.7 Å². The number of hydrogen-bond donors (Lipinski definition) is 3. The van der Waals surface area contributed by atoms with Crippen LogP contribution in [-0.2, 0) is 4.79 Å². The van der Waals surface area contributed by atoms with Gasteiger partial charge in [-0.1, -0.05) is 18.1 Å². The highest BCUT2D eigenvalue weighted by molar-refractivity contribution is 6.10. The summed E-state index contributed by atoms with van der Waals surface area (Å²) in [5, 5.41) is 7.90. The summed E-state index contributed by atoms with van der Waals surface area (Å²) in [6.07, 6.45) is 5.14. The lowest BCUT2D eigenvalue weighted by atomic mass is 10.1. The number of amides is 3. The Labute approximate surface area is 149 Å². The van der Waals surface area contributed by atoms with Gasteiger partial charge in [-0.15, -0.1) is 6.42 Å². The molecular weight excluding hydrogens is 334 g/mol. The third-order valence-electron chi connectivity index (χ3n) is 3.65. The zero-order valence-electron chi connectivity index (χ0n) is 13.7. The van der Waals surface area contributed by atoms with Gasteiger partial charge in [-0.25, -0.2) is 0 Å². The van der Waals surface area contributed by atoms with E-state index >= 15 is 0 Å². The lowest BCUT2D eigenvalue weighted by Gasteiger charge is -2.18. The van der Waals surface area contributed by atoms with E-state index in [0.717, 1.165) is 0 Å². The molecule has 26 heavy (non-hydrogen) atoms. The van der Waals surface area contributed by atoms with Crippen molar-refractivity contribution in [3.63, 3.8) is 0 Å². The van der Waals surface area contributed by atoms with Crippen molar-refractivity contribution < 1.29 is 19.1 Å². The molecule has 0 saturated carbocycles. The van der Waals surface area contributed by atoms with Crippen LogP contribution in [0.15, 0.2) is 42.5 Å². The van der Waals surface area contributed by atoms with Gasteiger partial charge in [-0.3, -0.25) is 14.4 Å². The maximum Gasteiger partial charge on any atom is 0.262 e. The van der Waals surface area contributed by atoms with Crippen molar-refractivity contribution in [2.75, 3.05) is 23.8 Å². The van der Waals surface area contributed by atoms with E-state index < -0.39 is 5.91 Å². The quantitative estimate of drug-likeness (QED) is 0.731. The molecule has 1 heterocycles. The van der Waals surface area contributed by atoms with E-state index in [2.05, 4.69) is 21.9 Å². The highest BCUT2D eigenvalue weighted by atomic mass is 16.5. The van der Waals surface area contributed by atoms with Crippen molar-refractivity contribution in [1.29, 1.82) is 0 Å². The predicted octanol–water partition coefficient (Wildman–Crippen LogP) is 1.63. The van der Waals surface area contributed by atoms with Crippen LogP contribution in [0.4, 0.5) is 11.4 Å². The number of terminal acetylenes is 1. The zero-order valence-corrected chi connectivity index (χ0v) is 13.7. The second kappa shape index (κ2) is 7.40. The number of carbonyl (C=O) groups excluding carboxylic acids is 3. The molecule has 0 saturated heterocycles. The van der Waals surface area contributed by atoms with Crippen LogP contribution in [0.5, 0.6) is 5.75 Å². The van der Waals surface area contributed by atoms with E-state index in [1.54, 1.807) is 36.4 Å². The van der Waals surface area contributed by atoms with E-state index in [1.165, 1.54) is 6.07 Å². The van der Waals surface area contributed by atoms with Gasteiger partial charge in [0.05, 0.1) is 23.5 Å². The fraction of sp³-hybridized carbons (Fsp3) is 0.105. The first-order valence-corrected chi connectivity index (χ1v) is 7.77. The van der Waals surface area contributed by atoms with Crippen molar-refractivity contribution in [3.05, 3.63) is 53.6 Å². The summed E-state index contributed by atoms with van der Waals surface area (Å²) in [5.41, 5.74) is 1.39. The fourth-order valence-electron chi connectivity index (χ4n) is 2.44. The van der Waals surface area contributed by atoms with Crippen molar-refractivity contribution in [3.8, 4) is 18.1 Å². The molecule has 2 aromatic carbocycles. The molecule has 3 N–H and O–H groups in total. The van der Waals surface area contributed by atoms with Crippen molar-refractivity contribution in [1.82, 2.24) is 5.32 Å². The Morgan fingerprint density at radius 3 is 2.81 bits per heavy atom. The lowest BCUT2D eigenvalue weighted by molar-refractivity contribution is -0.118. The molecule has 0 aromatic heterocycles. The number of ether oxygens (including phenoxy) is 1. The Morgan fingerprint density at radius 1 is 1.19 bits per heavy atom. The Balaban J connectivity index is 1.81. The molecule has 0 aliphatic carbocycles. The Hall–Kier alpha value is -3.79. The zero-order chi connectivity index (χ0) is 18.5. The average molecular weight is 349 g/mol. The minimum Gasteiger partial charge on any atom is -0.482 e. The van der Waals surface area contributed by atoms with Gasteiger partial charge in [-0.2, -0.15) is 0 Å². The van der Waals surface area contributed by atoms with Crippen molar-refractivity contribution in [2.24, 2.45) is 0 Å². The average Bonchev–Trinajstić information content (AvgIpc) is 2.65.